The van der Waals surface area contributed by atoms with Gasteiger partial charge in [-0.05, 0) is 30.7 Å². The molecule has 0 saturated heterocycles. The molecule has 0 radical (unpaired) electrons. The minimum Gasteiger partial charge on any atom is -0.465 e. The summed E-state index contributed by atoms with van der Waals surface area (Å²) in [4.78, 5) is 11.3. The van der Waals surface area contributed by atoms with Gasteiger partial charge in [0.15, 0.2) is 0 Å². The maximum absolute atomic E-state index is 11.8. The van der Waals surface area contributed by atoms with Gasteiger partial charge in [-0.15, -0.1) is 6.58 Å². The number of carbonyl (C=O) groups excluding carboxylic acids is 1. The lowest BCUT2D eigenvalue weighted by Crippen LogP contribution is -2.24. The average molecular weight is 269 g/mol. The Bertz CT molecular complexity index is 520. The van der Waals surface area contributed by atoms with E-state index >= 15 is 0 Å². The minimum absolute atomic E-state index is 0.110. The molecule has 0 unspecified atom stereocenters. The van der Waals surface area contributed by atoms with Crippen LogP contribution in [-0.4, -0.2) is 28.0 Å². The van der Waals surface area contributed by atoms with E-state index < -0.39 is 16.0 Å². The predicted octanol–water partition coefficient (Wildman–Crippen LogP) is 1.33. The fraction of sp³-hybridized carbons (Fsp3) is 0.250. The van der Waals surface area contributed by atoms with E-state index in [1.54, 1.807) is 6.08 Å². The number of hydrogen-bond donors (Lipinski definition) is 1. The highest BCUT2D eigenvalue weighted by Crippen LogP contribution is 2.11. The Morgan fingerprint density at radius 1 is 1.39 bits per heavy atom. The van der Waals surface area contributed by atoms with E-state index in [9.17, 15) is 13.2 Å². The first-order valence-corrected chi connectivity index (χ1v) is 6.78. The lowest BCUT2D eigenvalue weighted by atomic mass is 10.2. The molecule has 1 aromatic rings. The zero-order chi connectivity index (χ0) is 13.6. The molecule has 5 nitrogen and oxygen atoms in total. The van der Waals surface area contributed by atoms with Gasteiger partial charge in [-0.25, -0.2) is 17.9 Å². The minimum atomic E-state index is -3.53. The van der Waals surface area contributed by atoms with Crippen LogP contribution in [0.15, 0.2) is 41.8 Å². The summed E-state index contributed by atoms with van der Waals surface area (Å²) in [7, 11) is -2.26. The molecule has 18 heavy (non-hydrogen) atoms. The van der Waals surface area contributed by atoms with Crippen molar-refractivity contribution >= 4 is 16.0 Å². The lowest BCUT2D eigenvalue weighted by Gasteiger charge is -2.06. The summed E-state index contributed by atoms with van der Waals surface area (Å²) in [6, 6.07) is 5.55. The molecule has 0 aliphatic carbocycles. The molecule has 0 heterocycles. The van der Waals surface area contributed by atoms with Crippen LogP contribution in [0.4, 0.5) is 0 Å². The number of esters is 1. The van der Waals surface area contributed by atoms with Crippen molar-refractivity contribution in [2.45, 2.75) is 11.3 Å². The summed E-state index contributed by atoms with van der Waals surface area (Å²) in [5.74, 6) is -0.501. The quantitative estimate of drug-likeness (QED) is 0.480. The summed E-state index contributed by atoms with van der Waals surface area (Å²) in [5, 5.41) is 0. The smallest absolute Gasteiger partial charge is 0.337 e. The van der Waals surface area contributed by atoms with E-state index in [1.165, 1.54) is 31.4 Å². The second-order valence-corrected chi connectivity index (χ2v) is 5.26. The van der Waals surface area contributed by atoms with Crippen molar-refractivity contribution in [2.24, 2.45) is 0 Å². The summed E-state index contributed by atoms with van der Waals surface area (Å²) in [6.07, 6.45) is 2.18. The van der Waals surface area contributed by atoms with Gasteiger partial charge in [0.1, 0.15) is 0 Å². The highest BCUT2D eigenvalue weighted by molar-refractivity contribution is 7.89. The zero-order valence-corrected chi connectivity index (χ0v) is 10.9. The molecule has 0 saturated carbocycles. The SMILES string of the molecule is C=CCCNS(=O)(=O)c1ccc(C(=O)OC)cc1. The van der Waals surface area contributed by atoms with Gasteiger partial charge in [0.05, 0.1) is 17.6 Å². The van der Waals surface area contributed by atoms with Gasteiger partial charge in [-0.1, -0.05) is 6.08 Å². The highest BCUT2D eigenvalue weighted by Gasteiger charge is 2.14. The lowest BCUT2D eigenvalue weighted by molar-refractivity contribution is 0.0600. The van der Waals surface area contributed by atoms with E-state index in [0.717, 1.165) is 0 Å². The topological polar surface area (TPSA) is 72.5 Å². The third-order valence-electron chi connectivity index (χ3n) is 2.23. The van der Waals surface area contributed by atoms with Gasteiger partial charge in [0, 0.05) is 6.54 Å². The number of ether oxygens (including phenoxy) is 1. The molecule has 0 spiro atoms. The van der Waals surface area contributed by atoms with Crippen molar-refractivity contribution in [3.63, 3.8) is 0 Å². The molecule has 0 fully saturated rings. The Morgan fingerprint density at radius 3 is 2.50 bits per heavy atom. The van der Waals surface area contributed by atoms with Gasteiger partial charge in [-0.3, -0.25) is 0 Å². The fourth-order valence-corrected chi connectivity index (χ4v) is 2.31. The van der Waals surface area contributed by atoms with Crippen molar-refractivity contribution in [2.75, 3.05) is 13.7 Å². The Labute approximate surface area is 107 Å². The van der Waals surface area contributed by atoms with Crippen LogP contribution in [-0.2, 0) is 14.8 Å². The van der Waals surface area contributed by atoms with Crippen LogP contribution in [0, 0.1) is 0 Å². The van der Waals surface area contributed by atoms with Crippen LogP contribution in [0.3, 0.4) is 0 Å². The van der Waals surface area contributed by atoms with E-state index in [0.29, 0.717) is 18.5 Å². The molecule has 0 atom stereocenters. The summed E-state index contributed by atoms with van der Waals surface area (Å²) < 4.78 is 30.5. The van der Waals surface area contributed by atoms with Crippen LogP contribution in [0.25, 0.3) is 0 Å². The molecule has 1 rings (SSSR count). The first-order chi connectivity index (χ1) is 8.51. The van der Waals surface area contributed by atoms with Crippen molar-refractivity contribution in [1.29, 1.82) is 0 Å². The van der Waals surface area contributed by atoms with E-state index in [1.807, 2.05) is 0 Å². The molecule has 0 bridgehead atoms. The van der Waals surface area contributed by atoms with Crippen molar-refractivity contribution in [3.8, 4) is 0 Å². The molecule has 1 N–H and O–H groups in total. The molecule has 1 aromatic carbocycles. The third kappa shape index (κ3) is 3.68. The number of sulfonamides is 1. The summed E-state index contributed by atoms with van der Waals surface area (Å²) in [6.45, 7) is 3.80. The van der Waals surface area contributed by atoms with Crippen LogP contribution >= 0.6 is 0 Å². The van der Waals surface area contributed by atoms with E-state index in [-0.39, 0.29) is 4.90 Å². The molecular weight excluding hydrogens is 254 g/mol. The first kappa shape index (κ1) is 14.4. The molecule has 0 aliphatic heterocycles. The first-order valence-electron chi connectivity index (χ1n) is 5.30. The van der Waals surface area contributed by atoms with Crippen molar-refractivity contribution < 1.29 is 17.9 Å². The van der Waals surface area contributed by atoms with Crippen LogP contribution < -0.4 is 4.72 Å². The number of rotatable bonds is 6. The summed E-state index contributed by atoms with van der Waals surface area (Å²) in [5.41, 5.74) is 0.308. The predicted molar refractivity (Wildman–Crippen MR) is 67.8 cm³/mol. The molecule has 0 aromatic heterocycles. The largest absolute Gasteiger partial charge is 0.465 e. The van der Waals surface area contributed by atoms with Gasteiger partial charge in [0.25, 0.3) is 0 Å². The van der Waals surface area contributed by atoms with Crippen LogP contribution in [0.1, 0.15) is 16.8 Å². The average Bonchev–Trinajstić information content (AvgIpc) is 2.38. The Morgan fingerprint density at radius 2 is 2.00 bits per heavy atom. The number of benzene rings is 1. The third-order valence-corrected chi connectivity index (χ3v) is 3.70. The summed E-state index contributed by atoms with van der Waals surface area (Å²) >= 11 is 0. The normalized spacial score (nSPS) is 10.9. The Balaban J connectivity index is 2.84. The molecule has 0 amide bonds. The van der Waals surface area contributed by atoms with E-state index in [2.05, 4.69) is 16.0 Å². The zero-order valence-electron chi connectivity index (χ0n) is 10.0. The van der Waals surface area contributed by atoms with Gasteiger partial charge < -0.3 is 4.74 Å². The second-order valence-electron chi connectivity index (χ2n) is 3.49. The van der Waals surface area contributed by atoms with Gasteiger partial charge in [0.2, 0.25) is 10.0 Å². The maximum atomic E-state index is 11.8. The number of carbonyl (C=O) groups is 1. The molecule has 98 valence electrons. The molecule has 6 heteroatoms. The fourth-order valence-electron chi connectivity index (χ4n) is 1.27. The number of methoxy groups -OCH3 is 1. The maximum Gasteiger partial charge on any atom is 0.337 e. The van der Waals surface area contributed by atoms with E-state index in [4.69, 9.17) is 0 Å². The Hall–Kier alpha value is -1.66. The van der Waals surface area contributed by atoms with Gasteiger partial charge in [-0.2, -0.15) is 0 Å². The number of hydrogen-bond acceptors (Lipinski definition) is 4. The highest BCUT2D eigenvalue weighted by atomic mass is 32.2. The van der Waals surface area contributed by atoms with Crippen LogP contribution in [0.2, 0.25) is 0 Å². The molecular formula is C12H15NO4S. The number of nitrogens with one attached hydrogen (secondary N) is 1. The van der Waals surface area contributed by atoms with Crippen molar-refractivity contribution in [3.05, 3.63) is 42.5 Å². The Kier molecular flexibility index (Phi) is 5.06. The molecule has 0 aliphatic rings. The monoisotopic (exact) mass is 269 g/mol. The van der Waals surface area contributed by atoms with Crippen molar-refractivity contribution in [1.82, 2.24) is 4.72 Å². The standard InChI is InChI=1S/C12H15NO4S/c1-3-4-9-13-18(15,16)11-7-5-10(6-8-11)12(14)17-2/h3,5-8,13H,1,4,9H2,2H3. The van der Waals surface area contributed by atoms with Gasteiger partial charge >= 0.3 is 5.97 Å². The van der Waals surface area contributed by atoms with Crippen LogP contribution in [0.5, 0.6) is 0 Å². The second kappa shape index (κ2) is 6.32.